The van der Waals surface area contributed by atoms with Gasteiger partial charge in [-0.3, -0.25) is 4.98 Å². The second-order valence-corrected chi connectivity index (χ2v) is 6.39. The molecule has 1 nitrogen and oxygen atoms in total. The van der Waals surface area contributed by atoms with Crippen molar-refractivity contribution in [2.45, 2.75) is 37.9 Å². The van der Waals surface area contributed by atoms with Gasteiger partial charge < -0.3 is 0 Å². The number of rotatable bonds is 5. The Morgan fingerprint density at radius 2 is 1.84 bits per heavy atom. The number of hydrogen-bond acceptors (Lipinski definition) is 1. The van der Waals surface area contributed by atoms with Crippen LogP contribution in [0.15, 0.2) is 42.6 Å². The van der Waals surface area contributed by atoms with Crippen LogP contribution in [0.2, 0.25) is 0 Å². The molecule has 0 bridgehead atoms. The molecule has 1 heterocycles. The van der Waals surface area contributed by atoms with Gasteiger partial charge in [0.1, 0.15) is 0 Å². The zero-order valence-electron chi connectivity index (χ0n) is 11.6. The smallest absolute Gasteiger partial charge is 0.0443 e. The number of pyridine rings is 1. The van der Waals surface area contributed by atoms with E-state index in [1.54, 1.807) is 0 Å². The maximum absolute atomic E-state index is 4.45. The summed E-state index contributed by atoms with van der Waals surface area (Å²) in [6.45, 7) is 4.25. The maximum atomic E-state index is 4.45. The van der Waals surface area contributed by atoms with Crippen LogP contribution in [-0.2, 0) is 12.8 Å². The molecule has 0 saturated carbocycles. The summed E-state index contributed by atoms with van der Waals surface area (Å²) in [5, 5.41) is 0. The molecule has 0 aliphatic rings. The number of halogens is 1. The van der Waals surface area contributed by atoms with E-state index in [-0.39, 0.29) is 0 Å². The van der Waals surface area contributed by atoms with Gasteiger partial charge in [-0.05, 0) is 43.9 Å². The summed E-state index contributed by atoms with van der Waals surface area (Å²) in [7, 11) is 0. The van der Waals surface area contributed by atoms with E-state index in [9.17, 15) is 0 Å². The number of alkyl halides is 1. The topological polar surface area (TPSA) is 12.9 Å². The summed E-state index contributed by atoms with van der Waals surface area (Å²) >= 11 is 3.78. The highest BCUT2D eigenvalue weighted by Crippen LogP contribution is 2.17. The van der Waals surface area contributed by atoms with Gasteiger partial charge in [-0.25, -0.2) is 0 Å². The summed E-state index contributed by atoms with van der Waals surface area (Å²) < 4.78 is 0. The Morgan fingerprint density at radius 3 is 2.53 bits per heavy atom. The molecule has 0 aliphatic heterocycles. The number of nitrogens with zero attached hydrogens (tertiary/aromatic N) is 1. The van der Waals surface area contributed by atoms with Gasteiger partial charge in [-0.1, -0.05) is 51.8 Å². The summed E-state index contributed by atoms with van der Waals surface area (Å²) in [6, 6.07) is 12.9. The third-order valence-electron chi connectivity index (χ3n) is 3.40. The maximum Gasteiger partial charge on any atom is 0.0443 e. The lowest BCUT2D eigenvalue weighted by atomic mass is 10.0. The zero-order valence-corrected chi connectivity index (χ0v) is 13.2. The Bertz CT molecular complexity index is 519. The second-order valence-electron chi connectivity index (χ2n) is 5.09. The van der Waals surface area contributed by atoms with E-state index in [1.807, 2.05) is 12.3 Å². The fourth-order valence-electron chi connectivity index (χ4n) is 2.12. The lowest BCUT2D eigenvalue weighted by Crippen LogP contribution is -2.07. The lowest BCUT2D eigenvalue weighted by molar-refractivity contribution is 0.747. The van der Waals surface area contributed by atoms with Crippen molar-refractivity contribution < 1.29 is 0 Å². The Balaban J connectivity index is 1.86. The van der Waals surface area contributed by atoms with Crippen LogP contribution >= 0.6 is 15.9 Å². The van der Waals surface area contributed by atoms with Crippen LogP contribution in [-0.4, -0.2) is 9.81 Å². The van der Waals surface area contributed by atoms with Crippen molar-refractivity contribution in [3.63, 3.8) is 0 Å². The van der Waals surface area contributed by atoms with Gasteiger partial charge in [0.25, 0.3) is 0 Å². The molecule has 0 spiro atoms. The minimum atomic E-state index is 0.488. The number of aromatic nitrogens is 1. The molecule has 1 aromatic heterocycles. The van der Waals surface area contributed by atoms with Gasteiger partial charge in [0.05, 0.1) is 0 Å². The Labute approximate surface area is 124 Å². The van der Waals surface area contributed by atoms with E-state index in [1.165, 1.54) is 22.4 Å². The summed E-state index contributed by atoms with van der Waals surface area (Å²) in [5.74, 6) is 0. The molecule has 2 heteroatoms. The number of benzene rings is 1. The predicted octanol–water partition coefficient (Wildman–Crippen LogP) is 4.64. The third-order valence-corrected chi connectivity index (χ3v) is 4.18. The minimum absolute atomic E-state index is 0.488. The first kappa shape index (κ1) is 14.3. The Hall–Kier alpha value is -1.15. The second kappa shape index (κ2) is 6.85. The monoisotopic (exact) mass is 317 g/mol. The summed E-state index contributed by atoms with van der Waals surface area (Å²) in [5.41, 5.74) is 5.21. The molecule has 0 saturated heterocycles. The molecular weight excluding hydrogens is 298 g/mol. The number of hydrogen-bond donors (Lipinski definition) is 0. The van der Waals surface area contributed by atoms with Gasteiger partial charge in [0, 0.05) is 23.1 Å². The molecule has 19 heavy (non-hydrogen) atoms. The molecule has 0 amide bonds. The van der Waals surface area contributed by atoms with Crippen molar-refractivity contribution in [1.29, 1.82) is 0 Å². The van der Waals surface area contributed by atoms with Crippen LogP contribution in [0.1, 0.15) is 28.8 Å². The SMILES string of the molecule is Cc1ccc(CCC(Br)Cc2ncccc2C)cc1. The van der Waals surface area contributed by atoms with Gasteiger partial charge >= 0.3 is 0 Å². The molecular formula is C17H20BrN. The molecule has 1 unspecified atom stereocenters. The molecule has 1 atom stereocenters. The van der Waals surface area contributed by atoms with Gasteiger partial charge in [0.2, 0.25) is 0 Å². The van der Waals surface area contributed by atoms with E-state index in [2.05, 4.69) is 65.1 Å². The first-order chi connectivity index (χ1) is 9.15. The molecule has 0 fully saturated rings. The van der Waals surface area contributed by atoms with Crippen LogP contribution in [0.3, 0.4) is 0 Å². The average Bonchev–Trinajstić information content (AvgIpc) is 2.41. The quantitative estimate of drug-likeness (QED) is 0.732. The highest BCUT2D eigenvalue weighted by molar-refractivity contribution is 9.09. The van der Waals surface area contributed by atoms with E-state index in [0.29, 0.717) is 4.83 Å². The van der Waals surface area contributed by atoms with E-state index in [4.69, 9.17) is 0 Å². The van der Waals surface area contributed by atoms with Gasteiger partial charge in [-0.15, -0.1) is 0 Å². The highest BCUT2D eigenvalue weighted by Gasteiger charge is 2.08. The lowest BCUT2D eigenvalue weighted by Gasteiger charge is -2.11. The van der Waals surface area contributed by atoms with Crippen molar-refractivity contribution in [3.8, 4) is 0 Å². The highest BCUT2D eigenvalue weighted by atomic mass is 79.9. The fraction of sp³-hybridized carbons (Fsp3) is 0.353. The van der Waals surface area contributed by atoms with Gasteiger partial charge in [-0.2, -0.15) is 0 Å². The van der Waals surface area contributed by atoms with E-state index >= 15 is 0 Å². The summed E-state index contributed by atoms with van der Waals surface area (Å²) in [4.78, 5) is 4.94. The molecule has 0 aliphatic carbocycles. The predicted molar refractivity (Wildman–Crippen MR) is 84.9 cm³/mol. The molecule has 100 valence electrons. The van der Waals surface area contributed by atoms with Crippen LogP contribution in [0.25, 0.3) is 0 Å². The fourth-order valence-corrected chi connectivity index (χ4v) is 2.66. The number of aryl methyl sites for hydroxylation is 3. The van der Waals surface area contributed by atoms with Crippen LogP contribution in [0, 0.1) is 13.8 Å². The first-order valence-corrected chi connectivity index (χ1v) is 7.67. The molecule has 0 N–H and O–H groups in total. The molecule has 2 rings (SSSR count). The van der Waals surface area contributed by atoms with Crippen molar-refractivity contribution in [2.75, 3.05) is 0 Å². The van der Waals surface area contributed by atoms with Crippen molar-refractivity contribution in [2.24, 2.45) is 0 Å². The van der Waals surface area contributed by atoms with Crippen LogP contribution < -0.4 is 0 Å². The van der Waals surface area contributed by atoms with E-state index in [0.717, 1.165) is 19.3 Å². The Morgan fingerprint density at radius 1 is 1.11 bits per heavy atom. The standard InChI is InChI=1S/C17H20BrN/c1-13-5-7-15(8-6-13)9-10-16(18)12-17-14(2)4-3-11-19-17/h3-8,11,16H,9-10,12H2,1-2H3. The van der Waals surface area contributed by atoms with Crippen LogP contribution in [0.4, 0.5) is 0 Å². The Kier molecular flexibility index (Phi) is 5.15. The third kappa shape index (κ3) is 4.46. The molecule has 2 aromatic rings. The minimum Gasteiger partial charge on any atom is -0.261 e. The van der Waals surface area contributed by atoms with Crippen molar-refractivity contribution in [3.05, 3.63) is 65.0 Å². The first-order valence-electron chi connectivity index (χ1n) is 6.75. The van der Waals surface area contributed by atoms with Crippen molar-refractivity contribution >= 4 is 15.9 Å². The molecule has 0 radical (unpaired) electrons. The normalized spacial score (nSPS) is 12.4. The van der Waals surface area contributed by atoms with E-state index < -0.39 is 0 Å². The summed E-state index contributed by atoms with van der Waals surface area (Å²) in [6.07, 6.45) is 5.13. The van der Waals surface area contributed by atoms with Crippen molar-refractivity contribution in [1.82, 2.24) is 4.98 Å². The average molecular weight is 318 g/mol. The zero-order chi connectivity index (χ0) is 13.7. The molecule has 1 aromatic carbocycles. The largest absolute Gasteiger partial charge is 0.261 e. The van der Waals surface area contributed by atoms with Crippen LogP contribution in [0.5, 0.6) is 0 Å². The van der Waals surface area contributed by atoms with Gasteiger partial charge in [0.15, 0.2) is 0 Å².